The van der Waals surface area contributed by atoms with Crippen LogP contribution in [-0.2, 0) is 12.8 Å². The lowest BCUT2D eigenvalue weighted by Crippen LogP contribution is -1.81. The highest BCUT2D eigenvalue weighted by molar-refractivity contribution is 5.73. The summed E-state index contributed by atoms with van der Waals surface area (Å²) in [6.45, 7) is 4.24. The molecule has 0 saturated carbocycles. The lowest BCUT2D eigenvalue weighted by Gasteiger charge is -1.95. The lowest BCUT2D eigenvalue weighted by atomic mass is 10.1. The normalized spacial score (nSPS) is 11.0. The third-order valence-electron chi connectivity index (χ3n) is 2.34. The van der Waals surface area contributed by atoms with Gasteiger partial charge in [-0.2, -0.15) is 0 Å². The molecule has 0 spiro atoms. The summed E-state index contributed by atoms with van der Waals surface area (Å²) < 4.78 is 5.59. The van der Waals surface area contributed by atoms with Gasteiger partial charge in [-0.25, -0.2) is 4.98 Å². The van der Waals surface area contributed by atoms with Crippen LogP contribution in [0.3, 0.4) is 0 Å². The van der Waals surface area contributed by atoms with Gasteiger partial charge in [0.05, 0.1) is 0 Å². The maximum Gasteiger partial charge on any atom is 0.195 e. The lowest BCUT2D eigenvalue weighted by molar-refractivity contribution is 0.537. The van der Waals surface area contributed by atoms with Crippen molar-refractivity contribution >= 4 is 11.1 Å². The monoisotopic (exact) mass is 189 g/mol. The summed E-state index contributed by atoms with van der Waals surface area (Å²) in [5.41, 5.74) is 3.23. The Bertz CT molecular complexity index is 431. The van der Waals surface area contributed by atoms with Gasteiger partial charge in [-0.1, -0.05) is 26.3 Å². The number of hydrogen-bond acceptors (Lipinski definition) is 2. The fourth-order valence-electron chi connectivity index (χ4n) is 1.61. The van der Waals surface area contributed by atoms with Gasteiger partial charge in [-0.3, -0.25) is 0 Å². The van der Waals surface area contributed by atoms with Crippen molar-refractivity contribution in [2.75, 3.05) is 0 Å². The van der Waals surface area contributed by atoms with E-state index < -0.39 is 0 Å². The maximum atomic E-state index is 5.59. The fourth-order valence-corrected chi connectivity index (χ4v) is 1.61. The van der Waals surface area contributed by atoms with Crippen molar-refractivity contribution in [1.29, 1.82) is 0 Å². The number of hydrogen-bond donors (Lipinski definition) is 0. The Labute approximate surface area is 84.0 Å². The number of benzene rings is 1. The summed E-state index contributed by atoms with van der Waals surface area (Å²) in [6, 6.07) is 6.28. The maximum absolute atomic E-state index is 5.59. The van der Waals surface area contributed by atoms with E-state index in [2.05, 4.69) is 31.0 Å². The number of aryl methyl sites for hydroxylation is 2. The van der Waals surface area contributed by atoms with Gasteiger partial charge in [0, 0.05) is 6.42 Å². The van der Waals surface area contributed by atoms with Crippen LogP contribution in [-0.4, -0.2) is 4.98 Å². The molecule has 0 bridgehead atoms. The average Bonchev–Trinajstić information content (AvgIpc) is 2.60. The van der Waals surface area contributed by atoms with Crippen molar-refractivity contribution in [2.45, 2.75) is 33.1 Å². The van der Waals surface area contributed by atoms with Gasteiger partial charge in [-0.15, -0.1) is 0 Å². The van der Waals surface area contributed by atoms with Crippen LogP contribution in [0.2, 0.25) is 0 Å². The molecule has 1 aromatic heterocycles. The molecular weight excluding hydrogens is 174 g/mol. The second-order valence-corrected chi connectivity index (χ2v) is 3.51. The van der Waals surface area contributed by atoms with E-state index in [0.29, 0.717) is 0 Å². The number of oxazole rings is 1. The van der Waals surface area contributed by atoms with Gasteiger partial charge >= 0.3 is 0 Å². The van der Waals surface area contributed by atoms with Crippen LogP contribution in [0.25, 0.3) is 11.1 Å². The van der Waals surface area contributed by atoms with Crippen LogP contribution in [0.15, 0.2) is 22.6 Å². The van der Waals surface area contributed by atoms with Crippen molar-refractivity contribution in [2.24, 2.45) is 0 Å². The Morgan fingerprint density at radius 2 is 2.14 bits per heavy atom. The highest BCUT2D eigenvalue weighted by Gasteiger charge is 2.03. The van der Waals surface area contributed by atoms with Gasteiger partial charge in [0.1, 0.15) is 5.52 Å². The van der Waals surface area contributed by atoms with E-state index in [4.69, 9.17) is 4.42 Å². The number of aromatic nitrogens is 1. The van der Waals surface area contributed by atoms with Crippen LogP contribution in [0.5, 0.6) is 0 Å². The second-order valence-electron chi connectivity index (χ2n) is 3.51. The first-order valence-corrected chi connectivity index (χ1v) is 5.21. The molecular formula is C12H15NO. The molecule has 0 unspecified atom stereocenters. The Morgan fingerprint density at radius 3 is 2.86 bits per heavy atom. The summed E-state index contributed by atoms with van der Waals surface area (Å²) in [4.78, 5) is 4.37. The molecule has 0 aliphatic carbocycles. The third kappa shape index (κ3) is 1.65. The minimum Gasteiger partial charge on any atom is -0.441 e. The standard InChI is InChI=1S/C12H15NO/c1-3-5-9-6-7-10-11(8-9)14-12(4-2)13-10/h6-8H,3-5H2,1-2H3. The summed E-state index contributed by atoms with van der Waals surface area (Å²) in [7, 11) is 0. The van der Waals surface area contributed by atoms with Crippen LogP contribution >= 0.6 is 0 Å². The molecule has 0 aliphatic heterocycles. The van der Waals surface area contributed by atoms with Crippen molar-refractivity contribution in [3.63, 3.8) is 0 Å². The van der Waals surface area contributed by atoms with E-state index in [9.17, 15) is 0 Å². The van der Waals surface area contributed by atoms with Crippen LogP contribution in [0, 0.1) is 0 Å². The zero-order valence-corrected chi connectivity index (χ0v) is 8.71. The van der Waals surface area contributed by atoms with E-state index in [1.165, 1.54) is 12.0 Å². The Kier molecular flexibility index (Phi) is 2.53. The number of rotatable bonds is 3. The number of fused-ring (bicyclic) bond motifs is 1. The van der Waals surface area contributed by atoms with Gasteiger partial charge in [0.15, 0.2) is 11.5 Å². The van der Waals surface area contributed by atoms with Crippen molar-refractivity contribution in [3.8, 4) is 0 Å². The first kappa shape index (κ1) is 9.25. The predicted octanol–water partition coefficient (Wildman–Crippen LogP) is 3.34. The van der Waals surface area contributed by atoms with Crippen molar-refractivity contribution < 1.29 is 4.42 Å². The first-order chi connectivity index (χ1) is 6.83. The molecule has 0 atom stereocenters. The van der Waals surface area contributed by atoms with E-state index in [1.54, 1.807) is 0 Å². The fraction of sp³-hybridized carbons (Fsp3) is 0.417. The topological polar surface area (TPSA) is 26.0 Å². The van der Waals surface area contributed by atoms with Gasteiger partial charge in [0.2, 0.25) is 0 Å². The van der Waals surface area contributed by atoms with Crippen LogP contribution in [0.1, 0.15) is 31.7 Å². The van der Waals surface area contributed by atoms with Crippen molar-refractivity contribution in [1.82, 2.24) is 4.98 Å². The molecule has 0 N–H and O–H groups in total. The van der Waals surface area contributed by atoms with E-state index in [0.717, 1.165) is 29.8 Å². The SMILES string of the molecule is CCCc1ccc2nc(CC)oc2c1. The molecule has 0 radical (unpaired) electrons. The highest BCUT2D eigenvalue weighted by Crippen LogP contribution is 2.18. The molecule has 0 fully saturated rings. The zero-order chi connectivity index (χ0) is 9.97. The summed E-state index contributed by atoms with van der Waals surface area (Å²) >= 11 is 0. The zero-order valence-electron chi connectivity index (χ0n) is 8.71. The Morgan fingerprint density at radius 1 is 1.29 bits per heavy atom. The predicted molar refractivity (Wildman–Crippen MR) is 57.4 cm³/mol. The first-order valence-electron chi connectivity index (χ1n) is 5.21. The molecule has 0 aliphatic rings. The largest absolute Gasteiger partial charge is 0.441 e. The van der Waals surface area contributed by atoms with E-state index >= 15 is 0 Å². The molecule has 0 amide bonds. The highest BCUT2D eigenvalue weighted by atomic mass is 16.3. The summed E-state index contributed by atoms with van der Waals surface area (Å²) in [6.07, 6.45) is 3.14. The summed E-state index contributed by atoms with van der Waals surface area (Å²) in [5.74, 6) is 0.827. The Balaban J connectivity index is 2.43. The third-order valence-corrected chi connectivity index (χ3v) is 2.34. The second kappa shape index (κ2) is 3.82. The van der Waals surface area contributed by atoms with E-state index in [1.807, 2.05) is 6.07 Å². The number of nitrogens with zero attached hydrogens (tertiary/aromatic N) is 1. The van der Waals surface area contributed by atoms with Crippen molar-refractivity contribution in [3.05, 3.63) is 29.7 Å². The molecule has 74 valence electrons. The average molecular weight is 189 g/mol. The smallest absolute Gasteiger partial charge is 0.195 e. The summed E-state index contributed by atoms with van der Waals surface area (Å²) in [5, 5.41) is 0. The molecule has 0 saturated heterocycles. The molecule has 2 rings (SSSR count). The quantitative estimate of drug-likeness (QED) is 0.740. The minimum atomic E-state index is 0.827. The molecule has 1 heterocycles. The molecule has 2 aromatic rings. The molecule has 2 nitrogen and oxygen atoms in total. The van der Waals surface area contributed by atoms with Crippen LogP contribution < -0.4 is 0 Å². The molecule has 14 heavy (non-hydrogen) atoms. The van der Waals surface area contributed by atoms with Gasteiger partial charge in [-0.05, 0) is 24.1 Å². The van der Waals surface area contributed by atoms with Gasteiger partial charge < -0.3 is 4.42 Å². The van der Waals surface area contributed by atoms with E-state index in [-0.39, 0.29) is 0 Å². The molecule has 2 heteroatoms. The minimum absolute atomic E-state index is 0.827. The van der Waals surface area contributed by atoms with Crippen LogP contribution in [0.4, 0.5) is 0 Å². The van der Waals surface area contributed by atoms with Gasteiger partial charge in [0.25, 0.3) is 0 Å². The Hall–Kier alpha value is -1.31. The molecule has 1 aromatic carbocycles.